The first-order valence-electron chi connectivity index (χ1n) is 8.24. The van der Waals surface area contributed by atoms with Gasteiger partial charge >= 0.3 is 0 Å². The molecule has 9 heteroatoms. The van der Waals surface area contributed by atoms with Gasteiger partial charge in [0.05, 0.1) is 16.7 Å². The third-order valence-electron chi connectivity index (χ3n) is 4.08. The number of nitrogens with one attached hydrogen (secondary N) is 1. The maximum atomic E-state index is 12.0. The molecule has 136 valence electrons. The summed E-state index contributed by atoms with van der Waals surface area (Å²) in [7, 11) is 0. The van der Waals surface area contributed by atoms with Gasteiger partial charge in [0.1, 0.15) is 6.54 Å². The fraction of sp³-hybridized carbons (Fsp3) is 0.353. The number of carbonyl (C=O) groups is 1. The zero-order valence-corrected chi connectivity index (χ0v) is 14.0. The number of nitro benzene ring substituents is 1. The molecular formula is C17H18N4O5. The Balaban J connectivity index is 1.69. The number of ether oxygens (including phenoxy) is 1. The number of carbonyl (C=O) groups excluding carboxylic acids is 1. The molecule has 1 saturated heterocycles. The molecule has 1 aromatic heterocycles. The van der Waals surface area contributed by atoms with E-state index in [1.165, 1.54) is 24.3 Å². The third kappa shape index (κ3) is 4.31. The lowest BCUT2D eigenvalue weighted by Crippen LogP contribution is -2.37. The molecule has 1 fully saturated rings. The van der Waals surface area contributed by atoms with Gasteiger partial charge in [-0.15, -0.1) is 0 Å². The quantitative estimate of drug-likeness (QED) is 0.611. The maximum absolute atomic E-state index is 12.0. The van der Waals surface area contributed by atoms with E-state index in [2.05, 4.69) is 10.4 Å². The van der Waals surface area contributed by atoms with E-state index in [0.717, 1.165) is 17.5 Å². The molecule has 2 aromatic rings. The van der Waals surface area contributed by atoms with Crippen LogP contribution in [0.2, 0.25) is 0 Å². The number of rotatable bonds is 6. The second-order valence-electron chi connectivity index (χ2n) is 5.96. The molecule has 1 aliphatic heterocycles. The van der Waals surface area contributed by atoms with E-state index in [4.69, 9.17) is 4.74 Å². The van der Waals surface area contributed by atoms with Crippen LogP contribution in [0, 0.1) is 10.1 Å². The largest absolute Gasteiger partial charge is 0.376 e. The van der Waals surface area contributed by atoms with E-state index in [9.17, 15) is 19.7 Å². The van der Waals surface area contributed by atoms with E-state index in [-0.39, 0.29) is 24.2 Å². The van der Waals surface area contributed by atoms with Crippen LogP contribution in [0.15, 0.2) is 41.2 Å². The van der Waals surface area contributed by atoms with Crippen molar-refractivity contribution in [3.8, 4) is 11.3 Å². The molecule has 2 heterocycles. The van der Waals surface area contributed by atoms with Crippen molar-refractivity contribution in [2.24, 2.45) is 0 Å². The minimum atomic E-state index is -0.490. The molecule has 9 nitrogen and oxygen atoms in total. The van der Waals surface area contributed by atoms with Crippen molar-refractivity contribution in [1.82, 2.24) is 15.1 Å². The van der Waals surface area contributed by atoms with Gasteiger partial charge in [0.15, 0.2) is 0 Å². The SMILES string of the molecule is O=C(Cn1nc(-c2ccc([N+](=O)[O-])cc2)ccc1=O)NC[C@H]1CCCO1. The van der Waals surface area contributed by atoms with Gasteiger partial charge in [-0.3, -0.25) is 19.7 Å². The summed E-state index contributed by atoms with van der Waals surface area (Å²) < 4.78 is 6.50. The molecule has 1 aromatic carbocycles. The monoisotopic (exact) mass is 358 g/mol. The lowest BCUT2D eigenvalue weighted by molar-refractivity contribution is -0.384. The predicted molar refractivity (Wildman–Crippen MR) is 92.6 cm³/mol. The summed E-state index contributed by atoms with van der Waals surface area (Å²) >= 11 is 0. The third-order valence-corrected chi connectivity index (χ3v) is 4.08. The second kappa shape index (κ2) is 7.87. The molecule has 0 unspecified atom stereocenters. The van der Waals surface area contributed by atoms with Gasteiger partial charge in [-0.2, -0.15) is 5.10 Å². The topological polar surface area (TPSA) is 116 Å². The first-order chi connectivity index (χ1) is 12.5. The summed E-state index contributed by atoms with van der Waals surface area (Å²) in [5, 5.41) is 17.6. The summed E-state index contributed by atoms with van der Waals surface area (Å²) in [5.41, 5.74) is 0.633. The Labute approximate surface area is 148 Å². The average molecular weight is 358 g/mol. The number of nitrogens with zero attached hydrogens (tertiary/aromatic N) is 3. The van der Waals surface area contributed by atoms with Crippen LogP contribution in [0.3, 0.4) is 0 Å². The van der Waals surface area contributed by atoms with E-state index < -0.39 is 10.5 Å². The maximum Gasteiger partial charge on any atom is 0.269 e. The highest BCUT2D eigenvalue weighted by Crippen LogP contribution is 2.19. The van der Waals surface area contributed by atoms with E-state index >= 15 is 0 Å². The van der Waals surface area contributed by atoms with Crippen LogP contribution in [0.1, 0.15) is 12.8 Å². The minimum absolute atomic E-state index is 0.0232. The van der Waals surface area contributed by atoms with Crippen LogP contribution < -0.4 is 10.9 Å². The molecule has 0 saturated carbocycles. The number of benzene rings is 1. The van der Waals surface area contributed by atoms with Crippen molar-refractivity contribution in [3.63, 3.8) is 0 Å². The van der Waals surface area contributed by atoms with Crippen molar-refractivity contribution >= 4 is 11.6 Å². The Morgan fingerprint density at radius 1 is 1.31 bits per heavy atom. The van der Waals surface area contributed by atoms with Gasteiger partial charge in [0, 0.05) is 36.9 Å². The Kier molecular flexibility index (Phi) is 5.37. The number of non-ortho nitro benzene ring substituents is 1. The van der Waals surface area contributed by atoms with Crippen LogP contribution >= 0.6 is 0 Å². The Bertz CT molecular complexity index is 856. The fourth-order valence-electron chi connectivity index (χ4n) is 2.69. The molecule has 0 bridgehead atoms. The fourth-order valence-corrected chi connectivity index (χ4v) is 2.69. The molecule has 1 atom stereocenters. The van der Waals surface area contributed by atoms with Gasteiger partial charge in [-0.05, 0) is 31.0 Å². The first kappa shape index (κ1) is 17.7. The lowest BCUT2D eigenvalue weighted by atomic mass is 10.1. The standard InChI is InChI=1S/C17H18N4O5/c22-16(18-10-14-2-1-9-26-14)11-20-17(23)8-7-15(19-20)12-3-5-13(6-4-12)21(24)25/h3-8,14H,1-2,9-11H2,(H,18,22)/t14-/m1/s1. The molecule has 26 heavy (non-hydrogen) atoms. The Morgan fingerprint density at radius 2 is 2.08 bits per heavy atom. The van der Waals surface area contributed by atoms with Gasteiger partial charge in [0.25, 0.3) is 11.2 Å². The molecule has 1 N–H and O–H groups in total. The van der Waals surface area contributed by atoms with Gasteiger partial charge < -0.3 is 10.1 Å². The summed E-state index contributed by atoms with van der Waals surface area (Å²) in [6.45, 7) is 0.917. The van der Waals surface area contributed by atoms with Crippen LogP contribution in [-0.4, -0.2) is 39.9 Å². The zero-order valence-electron chi connectivity index (χ0n) is 14.0. The lowest BCUT2D eigenvalue weighted by Gasteiger charge is -2.11. The zero-order chi connectivity index (χ0) is 18.5. The van der Waals surface area contributed by atoms with Crippen LogP contribution in [0.25, 0.3) is 11.3 Å². The normalized spacial score (nSPS) is 16.4. The van der Waals surface area contributed by atoms with Gasteiger partial charge in [-0.1, -0.05) is 0 Å². The van der Waals surface area contributed by atoms with Crippen molar-refractivity contribution in [2.75, 3.05) is 13.2 Å². The number of aromatic nitrogens is 2. The predicted octanol–water partition coefficient (Wildman–Crippen LogP) is 1.11. The van der Waals surface area contributed by atoms with E-state index in [1.807, 2.05) is 0 Å². The average Bonchev–Trinajstić information content (AvgIpc) is 3.15. The summed E-state index contributed by atoms with van der Waals surface area (Å²) in [4.78, 5) is 34.2. The van der Waals surface area contributed by atoms with Gasteiger partial charge in [-0.25, -0.2) is 4.68 Å². The summed E-state index contributed by atoms with van der Waals surface area (Å²) in [5.74, 6) is -0.323. The molecular weight excluding hydrogens is 340 g/mol. The highest BCUT2D eigenvalue weighted by molar-refractivity contribution is 5.75. The van der Waals surface area contributed by atoms with Crippen molar-refractivity contribution < 1.29 is 14.5 Å². The summed E-state index contributed by atoms with van der Waals surface area (Å²) in [6.07, 6.45) is 1.92. The van der Waals surface area contributed by atoms with Crippen molar-refractivity contribution in [3.05, 3.63) is 56.9 Å². The molecule has 0 spiro atoms. The molecule has 1 amide bonds. The second-order valence-corrected chi connectivity index (χ2v) is 5.96. The number of hydrogen-bond donors (Lipinski definition) is 1. The van der Waals surface area contributed by atoms with Crippen LogP contribution in [0.4, 0.5) is 5.69 Å². The smallest absolute Gasteiger partial charge is 0.269 e. The highest BCUT2D eigenvalue weighted by atomic mass is 16.6. The number of hydrogen-bond acceptors (Lipinski definition) is 6. The number of nitro groups is 1. The van der Waals surface area contributed by atoms with Gasteiger partial charge in [0.2, 0.25) is 5.91 Å². The van der Waals surface area contributed by atoms with Crippen LogP contribution in [-0.2, 0) is 16.1 Å². The Hall–Kier alpha value is -3.07. The number of amides is 1. The van der Waals surface area contributed by atoms with Crippen molar-refractivity contribution in [1.29, 1.82) is 0 Å². The van der Waals surface area contributed by atoms with E-state index in [0.29, 0.717) is 24.4 Å². The van der Waals surface area contributed by atoms with Crippen molar-refractivity contribution in [2.45, 2.75) is 25.5 Å². The first-order valence-corrected chi connectivity index (χ1v) is 8.24. The summed E-state index contributed by atoms with van der Waals surface area (Å²) in [6, 6.07) is 8.66. The molecule has 0 radical (unpaired) electrons. The van der Waals surface area contributed by atoms with E-state index in [1.54, 1.807) is 12.1 Å². The highest BCUT2D eigenvalue weighted by Gasteiger charge is 2.16. The minimum Gasteiger partial charge on any atom is -0.376 e. The molecule has 3 rings (SSSR count). The Morgan fingerprint density at radius 3 is 2.73 bits per heavy atom. The molecule has 1 aliphatic rings. The molecule has 0 aliphatic carbocycles. The van der Waals surface area contributed by atoms with Crippen LogP contribution in [0.5, 0.6) is 0 Å².